The maximum absolute atomic E-state index is 10.9. The van der Waals surface area contributed by atoms with Gasteiger partial charge in [-0.3, -0.25) is 0 Å². The Balaban J connectivity index is 3.29. The van der Waals surface area contributed by atoms with Crippen molar-refractivity contribution in [3.05, 3.63) is 34.9 Å². The second-order valence-corrected chi connectivity index (χ2v) is 3.18. The zero-order valence-corrected chi connectivity index (χ0v) is 8.03. The second kappa shape index (κ2) is 4.21. The van der Waals surface area contributed by atoms with Crippen molar-refractivity contribution in [3.63, 3.8) is 0 Å². The van der Waals surface area contributed by atoms with Crippen LogP contribution in [0.3, 0.4) is 0 Å². The smallest absolute Gasteiger partial charge is 0.336 e. The minimum Gasteiger partial charge on any atom is -0.478 e. The van der Waals surface area contributed by atoms with Crippen LogP contribution in [0.4, 0.5) is 0 Å². The molecule has 1 unspecified atom stereocenters. The summed E-state index contributed by atoms with van der Waals surface area (Å²) in [5.41, 5.74) is 12.9. The van der Waals surface area contributed by atoms with Gasteiger partial charge in [0, 0.05) is 12.6 Å². The Labute approximate surface area is 82.5 Å². The lowest BCUT2D eigenvalue weighted by Gasteiger charge is -2.15. The van der Waals surface area contributed by atoms with E-state index < -0.39 is 12.0 Å². The summed E-state index contributed by atoms with van der Waals surface area (Å²) in [6.45, 7) is 2.07. The highest BCUT2D eigenvalue weighted by molar-refractivity contribution is 5.90. The number of hydrogen-bond acceptors (Lipinski definition) is 3. The van der Waals surface area contributed by atoms with E-state index >= 15 is 0 Å². The molecule has 1 rings (SSSR count). The molecule has 4 heteroatoms. The summed E-state index contributed by atoms with van der Waals surface area (Å²) in [6.07, 6.45) is 0. The third-order valence-corrected chi connectivity index (χ3v) is 2.18. The van der Waals surface area contributed by atoms with Crippen molar-refractivity contribution in [2.24, 2.45) is 11.5 Å². The first-order valence-electron chi connectivity index (χ1n) is 4.36. The predicted octanol–water partition coefficient (Wildman–Crippen LogP) is 0.652. The molecule has 14 heavy (non-hydrogen) atoms. The van der Waals surface area contributed by atoms with Crippen LogP contribution < -0.4 is 11.5 Å². The highest BCUT2D eigenvalue weighted by Crippen LogP contribution is 2.19. The predicted molar refractivity (Wildman–Crippen MR) is 54.1 cm³/mol. The zero-order chi connectivity index (χ0) is 10.7. The lowest BCUT2D eigenvalue weighted by atomic mass is 9.96. The monoisotopic (exact) mass is 194 g/mol. The number of hydrogen-bond donors (Lipinski definition) is 3. The van der Waals surface area contributed by atoms with Crippen molar-refractivity contribution < 1.29 is 9.90 Å². The van der Waals surface area contributed by atoms with Gasteiger partial charge in [0.2, 0.25) is 0 Å². The largest absolute Gasteiger partial charge is 0.478 e. The first-order chi connectivity index (χ1) is 6.57. The van der Waals surface area contributed by atoms with Crippen LogP contribution in [0.15, 0.2) is 18.2 Å². The van der Waals surface area contributed by atoms with Gasteiger partial charge in [0.25, 0.3) is 0 Å². The van der Waals surface area contributed by atoms with E-state index in [1.165, 1.54) is 0 Å². The first kappa shape index (κ1) is 10.7. The van der Waals surface area contributed by atoms with E-state index in [-0.39, 0.29) is 12.1 Å². The molecule has 0 aromatic heterocycles. The van der Waals surface area contributed by atoms with E-state index in [9.17, 15) is 4.79 Å². The van der Waals surface area contributed by atoms with Crippen LogP contribution in [0.2, 0.25) is 0 Å². The Kier molecular flexibility index (Phi) is 3.22. The molecule has 0 saturated heterocycles. The molecule has 76 valence electrons. The molecule has 1 aromatic rings. The minimum absolute atomic E-state index is 0.239. The topological polar surface area (TPSA) is 89.3 Å². The van der Waals surface area contributed by atoms with Gasteiger partial charge in [-0.2, -0.15) is 0 Å². The van der Waals surface area contributed by atoms with E-state index in [2.05, 4.69) is 0 Å². The van der Waals surface area contributed by atoms with Crippen molar-refractivity contribution >= 4 is 5.97 Å². The number of rotatable bonds is 3. The highest BCUT2D eigenvalue weighted by atomic mass is 16.4. The van der Waals surface area contributed by atoms with Crippen LogP contribution in [-0.2, 0) is 0 Å². The van der Waals surface area contributed by atoms with Crippen LogP contribution >= 0.6 is 0 Å². The fourth-order valence-corrected chi connectivity index (χ4v) is 1.48. The normalized spacial score (nSPS) is 12.5. The van der Waals surface area contributed by atoms with E-state index in [0.717, 1.165) is 5.56 Å². The third-order valence-electron chi connectivity index (χ3n) is 2.18. The third kappa shape index (κ3) is 1.92. The molecule has 5 N–H and O–H groups in total. The van der Waals surface area contributed by atoms with Gasteiger partial charge in [-0.1, -0.05) is 12.1 Å². The highest BCUT2D eigenvalue weighted by Gasteiger charge is 2.16. The number of nitrogens with two attached hydrogens (primary N) is 2. The molecule has 0 spiro atoms. The summed E-state index contributed by atoms with van der Waals surface area (Å²) in [5.74, 6) is -0.965. The molecule has 0 fully saturated rings. The Bertz CT molecular complexity index is 350. The van der Waals surface area contributed by atoms with Crippen LogP contribution in [0, 0.1) is 6.92 Å². The Hall–Kier alpha value is -1.39. The number of aromatic carboxylic acids is 1. The number of benzene rings is 1. The van der Waals surface area contributed by atoms with Crippen LogP contribution in [0.1, 0.15) is 27.5 Å². The van der Waals surface area contributed by atoms with E-state index in [1.807, 2.05) is 13.0 Å². The summed E-state index contributed by atoms with van der Waals surface area (Å²) < 4.78 is 0. The summed E-state index contributed by atoms with van der Waals surface area (Å²) >= 11 is 0. The molecule has 0 aliphatic rings. The maximum Gasteiger partial charge on any atom is 0.336 e. The first-order valence-corrected chi connectivity index (χ1v) is 4.36. The van der Waals surface area contributed by atoms with Crippen molar-refractivity contribution in [2.75, 3.05) is 6.54 Å². The molecule has 1 aromatic carbocycles. The molecule has 0 heterocycles. The van der Waals surface area contributed by atoms with Gasteiger partial charge in [-0.15, -0.1) is 0 Å². The van der Waals surface area contributed by atoms with Crippen LogP contribution in [0.25, 0.3) is 0 Å². The summed E-state index contributed by atoms with van der Waals surface area (Å²) in [7, 11) is 0. The van der Waals surface area contributed by atoms with Crippen molar-refractivity contribution in [1.82, 2.24) is 0 Å². The van der Waals surface area contributed by atoms with Gasteiger partial charge >= 0.3 is 5.97 Å². The van der Waals surface area contributed by atoms with Crippen molar-refractivity contribution in [2.45, 2.75) is 13.0 Å². The minimum atomic E-state index is -0.965. The Morgan fingerprint density at radius 2 is 2.21 bits per heavy atom. The average Bonchev–Trinajstić information content (AvgIpc) is 2.16. The average molecular weight is 194 g/mol. The fourth-order valence-electron chi connectivity index (χ4n) is 1.48. The Morgan fingerprint density at radius 1 is 1.57 bits per heavy atom. The zero-order valence-electron chi connectivity index (χ0n) is 8.03. The molecular formula is C10H14N2O2. The Morgan fingerprint density at radius 3 is 2.71 bits per heavy atom. The molecular weight excluding hydrogens is 180 g/mol. The fraction of sp³-hybridized carbons (Fsp3) is 0.300. The van der Waals surface area contributed by atoms with Crippen molar-refractivity contribution in [3.8, 4) is 0 Å². The summed E-state index contributed by atoms with van der Waals surface area (Å²) in [4.78, 5) is 10.9. The standard InChI is InChI=1S/C10H14N2O2/c1-6-3-2-4-7(10(13)14)9(6)8(12)5-11/h2-4,8H,5,11-12H2,1H3,(H,13,14). The van der Waals surface area contributed by atoms with Gasteiger partial charge in [-0.25, -0.2) is 4.79 Å². The molecule has 0 bridgehead atoms. The molecule has 0 saturated carbocycles. The number of carboxylic acids is 1. The summed E-state index contributed by atoms with van der Waals surface area (Å²) in [6, 6.07) is 4.66. The quantitative estimate of drug-likeness (QED) is 0.659. The van der Waals surface area contributed by atoms with Crippen LogP contribution in [0.5, 0.6) is 0 Å². The van der Waals surface area contributed by atoms with E-state index in [0.29, 0.717) is 5.56 Å². The van der Waals surface area contributed by atoms with E-state index in [1.54, 1.807) is 12.1 Å². The SMILES string of the molecule is Cc1cccc(C(=O)O)c1C(N)CN. The van der Waals surface area contributed by atoms with Gasteiger partial charge in [-0.05, 0) is 24.1 Å². The van der Waals surface area contributed by atoms with Gasteiger partial charge in [0.15, 0.2) is 0 Å². The van der Waals surface area contributed by atoms with Gasteiger partial charge < -0.3 is 16.6 Å². The maximum atomic E-state index is 10.9. The van der Waals surface area contributed by atoms with Gasteiger partial charge in [0.05, 0.1) is 5.56 Å². The number of aryl methyl sites for hydroxylation is 1. The lowest BCUT2D eigenvalue weighted by Crippen LogP contribution is -2.24. The molecule has 1 atom stereocenters. The van der Waals surface area contributed by atoms with Gasteiger partial charge in [0.1, 0.15) is 0 Å². The summed E-state index contributed by atoms with van der Waals surface area (Å²) in [5, 5.41) is 8.94. The number of carbonyl (C=O) groups is 1. The molecule has 0 aliphatic heterocycles. The van der Waals surface area contributed by atoms with E-state index in [4.69, 9.17) is 16.6 Å². The van der Waals surface area contributed by atoms with Crippen LogP contribution in [-0.4, -0.2) is 17.6 Å². The molecule has 0 aliphatic carbocycles. The van der Waals surface area contributed by atoms with Crippen molar-refractivity contribution in [1.29, 1.82) is 0 Å². The number of carboxylic acid groups (broad SMARTS) is 1. The molecule has 0 radical (unpaired) electrons. The second-order valence-electron chi connectivity index (χ2n) is 3.18. The molecule has 4 nitrogen and oxygen atoms in total. The molecule has 0 amide bonds. The lowest BCUT2D eigenvalue weighted by molar-refractivity contribution is 0.0695.